The highest BCUT2D eigenvalue weighted by molar-refractivity contribution is 5.43. The first kappa shape index (κ1) is 14.6. The number of alkyl halides is 3. The lowest BCUT2D eigenvalue weighted by Crippen LogP contribution is -2.59. The van der Waals surface area contributed by atoms with Crippen molar-refractivity contribution in [1.29, 1.82) is 0 Å². The second-order valence-corrected chi connectivity index (χ2v) is 5.85. The Morgan fingerprint density at radius 1 is 1.38 bits per heavy atom. The fraction of sp³-hybridized carbons (Fsp3) is 0.643. The molecule has 0 aromatic carbocycles. The van der Waals surface area contributed by atoms with Gasteiger partial charge in [-0.25, -0.2) is 4.98 Å². The van der Waals surface area contributed by atoms with Crippen molar-refractivity contribution in [1.82, 2.24) is 10.3 Å². The molecule has 2 aliphatic rings. The first-order chi connectivity index (χ1) is 9.88. The molecule has 2 atom stereocenters. The molecule has 0 bridgehead atoms. The minimum atomic E-state index is -4.36. The fourth-order valence-corrected chi connectivity index (χ4v) is 3.20. The Morgan fingerprint density at radius 2 is 2.19 bits per heavy atom. The Kier molecular flexibility index (Phi) is 3.57. The molecule has 0 unspecified atom stereocenters. The van der Waals surface area contributed by atoms with E-state index in [1.54, 1.807) is 0 Å². The van der Waals surface area contributed by atoms with E-state index in [1.165, 1.54) is 6.20 Å². The fourth-order valence-electron chi connectivity index (χ4n) is 3.20. The molecule has 0 radical (unpaired) electrons. The van der Waals surface area contributed by atoms with Crippen LogP contribution in [0, 0.1) is 5.92 Å². The van der Waals surface area contributed by atoms with Crippen LogP contribution in [0.15, 0.2) is 18.3 Å². The van der Waals surface area contributed by atoms with E-state index in [2.05, 4.69) is 10.3 Å². The molecule has 3 rings (SSSR count). The van der Waals surface area contributed by atoms with Crippen molar-refractivity contribution in [3.8, 4) is 0 Å². The van der Waals surface area contributed by atoms with Crippen LogP contribution >= 0.6 is 0 Å². The maximum Gasteiger partial charge on any atom is 0.416 e. The van der Waals surface area contributed by atoms with E-state index in [0.29, 0.717) is 38.3 Å². The number of halogens is 3. The molecule has 1 aromatic rings. The van der Waals surface area contributed by atoms with Crippen molar-refractivity contribution in [2.24, 2.45) is 5.92 Å². The van der Waals surface area contributed by atoms with Crippen molar-refractivity contribution in [2.75, 3.05) is 31.1 Å². The van der Waals surface area contributed by atoms with Crippen LogP contribution in [0.25, 0.3) is 0 Å². The number of hydrogen-bond acceptors (Lipinski definition) is 4. The molecule has 7 heteroatoms. The summed E-state index contributed by atoms with van der Waals surface area (Å²) in [5.41, 5.74) is -1.38. The highest BCUT2D eigenvalue weighted by Gasteiger charge is 2.43. The first-order valence-electron chi connectivity index (χ1n) is 7.10. The number of aliphatic hydroxyl groups is 1. The van der Waals surface area contributed by atoms with Gasteiger partial charge in [-0.05, 0) is 31.5 Å². The third-order valence-corrected chi connectivity index (χ3v) is 4.54. The van der Waals surface area contributed by atoms with Gasteiger partial charge in [0.2, 0.25) is 0 Å². The first-order valence-corrected chi connectivity index (χ1v) is 7.10. The zero-order valence-electron chi connectivity index (χ0n) is 11.5. The molecule has 2 saturated heterocycles. The van der Waals surface area contributed by atoms with Gasteiger partial charge in [0.15, 0.2) is 0 Å². The van der Waals surface area contributed by atoms with Gasteiger partial charge < -0.3 is 15.3 Å². The van der Waals surface area contributed by atoms with Crippen LogP contribution in [-0.4, -0.2) is 41.9 Å². The van der Waals surface area contributed by atoms with Gasteiger partial charge in [0, 0.05) is 31.7 Å². The number of rotatable bonds is 1. The molecule has 2 aliphatic heterocycles. The van der Waals surface area contributed by atoms with Crippen molar-refractivity contribution in [2.45, 2.75) is 24.6 Å². The molecule has 0 saturated carbocycles. The van der Waals surface area contributed by atoms with Gasteiger partial charge in [-0.1, -0.05) is 0 Å². The van der Waals surface area contributed by atoms with Crippen LogP contribution in [0.1, 0.15) is 18.4 Å². The molecule has 3 heterocycles. The van der Waals surface area contributed by atoms with Crippen molar-refractivity contribution >= 4 is 5.82 Å². The molecule has 0 aliphatic carbocycles. The summed E-state index contributed by atoms with van der Waals surface area (Å²) in [5.74, 6) is 0.355. The Morgan fingerprint density at radius 3 is 2.95 bits per heavy atom. The van der Waals surface area contributed by atoms with Crippen LogP contribution in [0.3, 0.4) is 0 Å². The zero-order chi connectivity index (χ0) is 15.1. The number of aromatic nitrogens is 1. The van der Waals surface area contributed by atoms with Crippen LogP contribution in [0.4, 0.5) is 19.0 Å². The molecule has 2 N–H and O–H groups in total. The van der Waals surface area contributed by atoms with E-state index < -0.39 is 17.3 Å². The van der Waals surface area contributed by atoms with E-state index in [0.717, 1.165) is 18.7 Å². The van der Waals surface area contributed by atoms with Crippen LogP contribution < -0.4 is 10.2 Å². The third-order valence-electron chi connectivity index (χ3n) is 4.54. The number of anilines is 1. The van der Waals surface area contributed by atoms with Gasteiger partial charge in [0.1, 0.15) is 5.82 Å². The monoisotopic (exact) mass is 301 g/mol. The summed E-state index contributed by atoms with van der Waals surface area (Å²) in [6.07, 6.45) is -1.91. The average molecular weight is 301 g/mol. The molecule has 116 valence electrons. The lowest BCUT2D eigenvalue weighted by atomic mass is 9.76. The number of piperidine rings is 2. The van der Waals surface area contributed by atoms with Gasteiger partial charge in [-0.2, -0.15) is 13.2 Å². The molecular weight excluding hydrogens is 283 g/mol. The SMILES string of the molecule is O[C@@]12CCNC[C@@H]1CN(c1cc(C(F)(F)F)ccn1)CC2. The van der Waals surface area contributed by atoms with Gasteiger partial charge in [-0.3, -0.25) is 0 Å². The van der Waals surface area contributed by atoms with Crippen LogP contribution in [0.2, 0.25) is 0 Å². The molecule has 0 amide bonds. The van der Waals surface area contributed by atoms with Gasteiger partial charge in [0.25, 0.3) is 0 Å². The second kappa shape index (κ2) is 5.14. The number of nitrogens with zero attached hydrogens (tertiary/aromatic N) is 2. The summed E-state index contributed by atoms with van der Waals surface area (Å²) >= 11 is 0. The van der Waals surface area contributed by atoms with Crippen molar-refractivity contribution in [3.63, 3.8) is 0 Å². The molecule has 0 spiro atoms. The number of hydrogen-bond donors (Lipinski definition) is 2. The smallest absolute Gasteiger partial charge is 0.389 e. The minimum Gasteiger partial charge on any atom is -0.389 e. The lowest BCUT2D eigenvalue weighted by Gasteiger charge is -2.47. The summed E-state index contributed by atoms with van der Waals surface area (Å²) in [6, 6.07) is 2.06. The standard InChI is InChI=1S/C14H18F3N3O/c15-14(16,17)10-1-4-19-12(7-10)20-6-3-13(21)2-5-18-8-11(13)9-20/h1,4,7,11,18,21H,2-3,5-6,8-9H2/t11-,13-/m1/s1. The maximum atomic E-state index is 12.8. The third kappa shape index (κ3) is 2.85. The normalized spacial score (nSPS) is 30.1. The summed E-state index contributed by atoms with van der Waals surface area (Å²) in [5, 5.41) is 13.8. The molecule has 2 fully saturated rings. The Bertz CT molecular complexity index is 522. The summed E-state index contributed by atoms with van der Waals surface area (Å²) in [4.78, 5) is 5.90. The molecule has 1 aromatic heterocycles. The molecule has 4 nitrogen and oxygen atoms in total. The Labute approximate surface area is 121 Å². The quantitative estimate of drug-likeness (QED) is 0.828. The zero-order valence-corrected chi connectivity index (χ0v) is 11.5. The summed E-state index contributed by atoms with van der Waals surface area (Å²) in [6.45, 7) is 2.53. The largest absolute Gasteiger partial charge is 0.416 e. The predicted molar refractivity (Wildman–Crippen MR) is 72.0 cm³/mol. The number of fused-ring (bicyclic) bond motifs is 1. The lowest BCUT2D eigenvalue weighted by molar-refractivity contribution is -0.137. The average Bonchev–Trinajstić information content (AvgIpc) is 2.45. The predicted octanol–water partition coefficient (Wildman–Crippen LogP) is 1.65. The van der Waals surface area contributed by atoms with E-state index in [4.69, 9.17) is 0 Å². The van der Waals surface area contributed by atoms with Gasteiger partial charge in [0.05, 0.1) is 11.2 Å². The maximum absolute atomic E-state index is 12.8. The topological polar surface area (TPSA) is 48.4 Å². The van der Waals surface area contributed by atoms with Crippen LogP contribution in [-0.2, 0) is 6.18 Å². The number of nitrogens with one attached hydrogen (secondary N) is 1. The van der Waals surface area contributed by atoms with E-state index >= 15 is 0 Å². The second-order valence-electron chi connectivity index (χ2n) is 5.85. The molecular formula is C14H18F3N3O. The Balaban J connectivity index is 1.79. The van der Waals surface area contributed by atoms with E-state index in [9.17, 15) is 18.3 Å². The summed E-state index contributed by atoms with van der Waals surface area (Å²) in [7, 11) is 0. The van der Waals surface area contributed by atoms with Crippen molar-refractivity contribution < 1.29 is 18.3 Å². The highest BCUT2D eigenvalue weighted by atomic mass is 19.4. The van der Waals surface area contributed by atoms with E-state index in [1.807, 2.05) is 4.90 Å². The molecule has 21 heavy (non-hydrogen) atoms. The van der Waals surface area contributed by atoms with Crippen molar-refractivity contribution in [3.05, 3.63) is 23.9 Å². The number of pyridine rings is 1. The van der Waals surface area contributed by atoms with E-state index in [-0.39, 0.29) is 5.92 Å². The Hall–Kier alpha value is -1.34. The minimum absolute atomic E-state index is 0.0244. The summed E-state index contributed by atoms with van der Waals surface area (Å²) < 4.78 is 38.3. The van der Waals surface area contributed by atoms with Gasteiger partial charge in [-0.15, -0.1) is 0 Å². The van der Waals surface area contributed by atoms with Crippen LogP contribution in [0.5, 0.6) is 0 Å². The highest BCUT2D eigenvalue weighted by Crippen LogP contribution is 2.36. The van der Waals surface area contributed by atoms with Gasteiger partial charge >= 0.3 is 6.18 Å².